The van der Waals surface area contributed by atoms with E-state index in [-0.39, 0.29) is 5.82 Å². The quantitative estimate of drug-likeness (QED) is 0.610. The lowest BCUT2D eigenvalue weighted by atomic mass is 10.1. The van der Waals surface area contributed by atoms with E-state index in [0.29, 0.717) is 30.4 Å². The number of nitrogens with two attached hydrogens (primary N) is 1. The first-order valence-electron chi connectivity index (χ1n) is 8.13. The summed E-state index contributed by atoms with van der Waals surface area (Å²) in [6.45, 7) is 1.07. The number of pyridine rings is 3. The fraction of sp³-hybridized carbons (Fsp3) is 0.167. The molecule has 6 nitrogen and oxygen atoms in total. The Morgan fingerprint density at radius 1 is 0.926 bits per heavy atom. The number of nitrogens with one attached hydrogen (secondary N) is 2. The molecule has 0 bridgehead atoms. The minimum Gasteiger partial charge on any atom is -0.369 e. The average molecular weight is 374 g/mol. The number of aromatic nitrogens is 3. The molecule has 0 radical (unpaired) electrons. The molecule has 3 rings (SSSR count). The van der Waals surface area contributed by atoms with Crippen LogP contribution in [0.25, 0.3) is 11.3 Å². The van der Waals surface area contributed by atoms with E-state index in [9.17, 15) is 13.2 Å². The van der Waals surface area contributed by atoms with Crippen LogP contribution in [0, 0.1) is 0 Å². The number of alkyl halides is 3. The van der Waals surface area contributed by atoms with Crippen LogP contribution >= 0.6 is 0 Å². The third-order valence-corrected chi connectivity index (χ3v) is 3.60. The lowest BCUT2D eigenvalue weighted by molar-refractivity contribution is -0.137. The zero-order valence-corrected chi connectivity index (χ0v) is 14.2. The minimum absolute atomic E-state index is 0.0644. The van der Waals surface area contributed by atoms with E-state index in [4.69, 9.17) is 5.73 Å². The predicted octanol–water partition coefficient (Wildman–Crippen LogP) is 3.67. The van der Waals surface area contributed by atoms with E-state index in [1.165, 1.54) is 0 Å². The number of hydrogen-bond acceptors (Lipinski definition) is 6. The Balaban J connectivity index is 1.82. The van der Waals surface area contributed by atoms with Gasteiger partial charge in [-0.1, -0.05) is 6.07 Å². The summed E-state index contributed by atoms with van der Waals surface area (Å²) in [5.41, 5.74) is 6.15. The van der Waals surface area contributed by atoms with E-state index in [2.05, 4.69) is 25.6 Å². The van der Waals surface area contributed by atoms with Crippen LogP contribution in [0.15, 0.2) is 54.9 Å². The Labute approximate surface area is 153 Å². The molecule has 0 aliphatic carbocycles. The molecular formula is C18H17F3N6. The molecule has 0 amide bonds. The predicted molar refractivity (Wildman–Crippen MR) is 97.5 cm³/mol. The van der Waals surface area contributed by atoms with E-state index < -0.39 is 11.7 Å². The summed E-state index contributed by atoms with van der Waals surface area (Å²) >= 11 is 0. The largest absolute Gasteiger partial charge is 0.416 e. The zero-order chi connectivity index (χ0) is 19.3. The monoisotopic (exact) mass is 374 g/mol. The maximum Gasteiger partial charge on any atom is 0.416 e. The summed E-state index contributed by atoms with van der Waals surface area (Å²) in [5, 5.41) is 5.89. The second-order valence-electron chi connectivity index (χ2n) is 5.61. The second-order valence-corrected chi connectivity index (χ2v) is 5.61. The molecular weight excluding hydrogens is 357 g/mol. The molecule has 3 heterocycles. The highest BCUT2D eigenvalue weighted by Crippen LogP contribution is 2.30. The van der Waals surface area contributed by atoms with Gasteiger partial charge in [-0.05, 0) is 36.4 Å². The van der Waals surface area contributed by atoms with Crippen LogP contribution < -0.4 is 16.4 Å². The fourth-order valence-corrected chi connectivity index (χ4v) is 2.36. The topological polar surface area (TPSA) is 88.8 Å². The summed E-state index contributed by atoms with van der Waals surface area (Å²) in [4.78, 5) is 12.6. The van der Waals surface area contributed by atoms with Crippen molar-refractivity contribution in [1.82, 2.24) is 15.0 Å². The van der Waals surface area contributed by atoms with Crippen molar-refractivity contribution in [3.8, 4) is 11.3 Å². The standard InChI is InChI=1S/C18H17F3N6/c19-18(20,21)13-5-8-24-17(11-13)27-15-3-1-2-14(26-15)12-4-7-23-16(10-12)25-9-6-22/h1-5,7-8,10-11H,6,9,22H2,(H,23,25)(H,24,26,27). The first-order valence-corrected chi connectivity index (χ1v) is 8.13. The Morgan fingerprint density at radius 3 is 2.48 bits per heavy atom. The molecule has 3 aromatic rings. The van der Waals surface area contributed by atoms with Gasteiger partial charge in [0.25, 0.3) is 0 Å². The number of anilines is 3. The van der Waals surface area contributed by atoms with Crippen molar-refractivity contribution in [3.05, 3.63) is 60.4 Å². The number of nitrogens with zero attached hydrogens (tertiary/aromatic N) is 3. The third kappa shape index (κ3) is 4.91. The normalized spacial score (nSPS) is 11.3. The molecule has 9 heteroatoms. The number of rotatable bonds is 6. The summed E-state index contributed by atoms with van der Waals surface area (Å²) in [7, 11) is 0. The van der Waals surface area contributed by atoms with Gasteiger partial charge < -0.3 is 16.4 Å². The maximum atomic E-state index is 12.8. The highest BCUT2D eigenvalue weighted by Gasteiger charge is 2.30. The van der Waals surface area contributed by atoms with Crippen molar-refractivity contribution in [2.45, 2.75) is 6.18 Å². The van der Waals surface area contributed by atoms with Crippen LogP contribution in [0.1, 0.15) is 5.56 Å². The zero-order valence-electron chi connectivity index (χ0n) is 14.2. The lowest BCUT2D eigenvalue weighted by Gasteiger charge is -2.10. The van der Waals surface area contributed by atoms with E-state index >= 15 is 0 Å². The van der Waals surface area contributed by atoms with Crippen molar-refractivity contribution in [3.63, 3.8) is 0 Å². The van der Waals surface area contributed by atoms with Gasteiger partial charge in [0, 0.05) is 31.0 Å². The number of hydrogen-bond donors (Lipinski definition) is 3. The van der Waals surface area contributed by atoms with Crippen LogP contribution in [0.3, 0.4) is 0 Å². The van der Waals surface area contributed by atoms with Gasteiger partial charge in [0.2, 0.25) is 0 Å². The smallest absolute Gasteiger partial charge is 0.369 e. The molecule has 0 fully saturated rings. The summed E-state index contributed by atoms with van der Waals surface area (Å²) in [6.07, 6.45) is -1.68. The third-order valence-electron chi connectivity index (χ3n) is 3.60. The summed E-state index contributed by atoms with van der Waals surface area (Å²) in [5.74, 6) is 1.11. The van der Waals surface area contributed by atoms with Gasteiger partial charge in [-0.15, -0.1) is 0 Å². The van der Waals surface area contributed by atoms with Crippen molar-refractivity contribution in [2.75, 3.05) is 23.7 Å². The minimum atomic E-state index is -4.43. The Hall–Kier alpha value is -3.20. The van der Waals surface area contributed by atoms with Crippen molar-refractivity contribution in [1.29, 1.82) is 0 Å². The molecule has 4 N–H and O–H groups in total. The average Bonchev–Trinajstić information content (AvgIpc) is 2.66. The molecule has 0 aromatic carbocycles. The van der Waals surface area contributed by atoms with Crippen molar-refractivity contribution in [2.24, 2.45) is 5.73 Å². The summed E-state index contributed by atoms with van der Waals surface area (Å²) < 4.78 is 38.5. The molecule has 0 aliphatic rings. The van der Waals surface area contributed by atoms with Gasteiger partial charge in [-0.25, -0.2) is 15.0 Å². The highest BCUT2D eigenvalue weighted by atomic mass is 19.4. The highest BCUT2D eigenvalue weighted by molar-refractivity contribution is 5.65. The van der Waals surface area contributed by atoms with Crippen LogP contribution in [0.2, 0.25) is 0 Å². The van der Waals surface area contributed by atoms with Gasteiger partial charge >= 0.3 is 6.18 Å². The van der Waals surface area contributed by atoms with Crippen LogP contribution in [-0.4, -0.2) is 28.0 Å². The fourth-order valence-electron chi connectivity index (χ4n) is 2.36. The van der Waals surface area contributed by atoms with Gasteiger partial charge in [-0.3, -0.25) is 0 Å². The molecule has 27 heavy (non-hydrogen) atoms. The first-order chi connectivity index (χ1) is 13.0. The second kappa shape index (κ2) is 8.00. The molecule has 0 unspecified atom stereocenters. The molecule has 0 saturated carbocycles. The van der Waals surface area contributed by atoms with Crippen LogP contribution in [0.5, 0.6) is 0 Å². The molecule has 3 aromatic heterocycles. The van der Waals surface area contributed by atoms with Crippen LogP contribution in [0.4, 0.5) is 30.6 Å². The molecule has 0 atom stereocenters. The van der Waals surface area contributed by atoms with Crippen molar-refractivity contribution >= 4 is 17.5 Å². The summed E-state index contributed by atoms with van der Waals surface area (Å²) in [6, 6.07) is 10.7. The number of halogens is 3. The Kier molecular flexibility index (Phi) is 5.51. The molecule has 0 spiro atoms. The first kappa shape index (κ1) is 18.6. The Morgan fingerprint density at radius 2 is 1.70 bits per heavy atom. The van der Waals surface area contributed by atoms with Gasteiger partial charge in [0.1, 0.15) is 17.5 Å². The van der Waals surface area contributed by atoms with Gasteiger partial charge in [-0.2, -0.15) is 13.2 Å². The van der Waals surface area contributed by atoms with Crippen molar-refractivity contribution < 1.29 is 13.2 Å². The Bertz CT molecular complexity index is 913. The molecule has 140 valence electrons. The van der Waals surface area contributed by atoms with E-state index in [0.717, 1.165) is 23.9 Å². The maximum absolute atomic E-state index is 12.8. The van der Waals surface area contributed by atoms with Crippen LogP contribution in [-0.2, 0) is 6.18 Å². The molecule has 0 saturated heterocycles. The van der Waals surface area contributed by atoms with E-state index in [1.54, 1.807) is 30.5 Å². The van der Waals surface area contributed by atoms with Gasteiger partial charge in [0.15, 0.2) is 0 Å². The van der Waals surface area contributed by atoms with E-state index in [1.807, 2.05) is 6.07 Å². The SMILES string of the molecule is NCCNc1cc(-c2cccc(Nc3cc(C(F)(F)F)ccn3)n2)ccn1. The van der Waals surface area contributed by atoms with Gasteiger partial charge in [0.05, 0.1) is 11.3 Å². The molecule has 0 aliphatic heterocycles. The lowest BCUT2D eigenvalue weighted by Crippen LogP contribution is -2.13.